The molecular weight excluding hydrogens is 313 g/mol. The second kappa shape index (κ2) is 5.90. The van der Waals surface area contributed by atoms with Crippen molar-refractivity contribution >= 4 is 22.0 Å². The molecule has 1 atom stereocenters. The second-order valence-electron chi connectivity index (χ2n) is 5.47. The van der Waals surface area contributed by atoms with Crippen LogP contribution in [0.25, 0.3) is 0 Å². The van der Waals surface area contributed by atoms with Gasteiger partial charge >= 0.3 is 6.09 Å². The minimum atomic E-state index is -0.554. The molecule has 19 heavy (non-hydrogen) atoms. The van der Waals surface area contributed by atoms with Gasteiger partial charge in [-0.15, -0.1) is 0 Å². The minimum absolute atomic E-state index is 0.332. The first-order valence-electron chi connectivity index (χ1n) is 6.05. The van der Waals surface area contributed by atoms with E-state index in [0.717, 1.165) is 11.1 Å². The number of nitrogens with one attached hydrogen (secondary N) is 1. The highest BCUT2D eigenvalue weighted by molar-refractivity contribution is 9.10. The molecule has 3 nitrogen and oxygen atoms in total. The van der Waals surface area contributed by atoms with Crippen LogP contribution in [0.15, 0.2) is 16.6 Å². The van der Waals surface area contributed by atoms with E-state index < -0.39 is 11.7 Å². The lowest BCUT2D eigenvalue weighted by Gasteiger charge is -2.23. The quantitative estimate of drug-likeness (QED) is 0.867. The zero-order valence-corrected chi connectivity index (χ0v) is 13.4. The van der Waals surface area contributed by atoms with Crippen LogP contribution < -0.4 is 5.32 Å². The monoisotopic (exact) mass is 331 g/mol. The first-order valence-corrected chi connectivity index (χ1v) is 6.84. The van der Waals surface area contributed by atoms with Crippen molar-refractivity contribution in [3.63, 3.8) is 0 Å². The molecule has 0 heterocycles. The summed E-state index contributed by atoms with van der Waals surface area (Å²) in [5, 5.41) is 2.70. The molecule has 0 aliphatic heterocycles. The van der Waals surface area contributed by atoms with Crippen molar-refractivity contribution in [3.05, 3.63) is 33.5 Å². The Morgan fingerprint density at radius 3 is 2.53 bits per heavy atom. The maximum absolute atomic E-state index is 13.4. The Morgan fingerprint density at radius 1 is 1.42 bits per heavy atom. The molecule has 5 heteroatoms. The van der Waals surface area contributed by atoms with E-state index in [2.05, 4.69) is 21.2 Å². The summed E-state index contributed by atoms with van der Waals surface area (Å²) in [5.74, 6) is -0.342. The summed E-state index contributed by atoms with van der Waals surface area (Å²) < 4.78 is 19.3. The summed E-state index contributed by atoms with van der Waals surface area (Å²) in [5.41, 5.74) is 1.06. The van der Waals surface area contributed by atoms with Gasteiger partial charge in [-0.2, -0.15) is 0 Å². The zero-order chi connectivity index (χ0) is 14.8. The molecule has 1 aromatic rings. The summed E-state index contributed by atoms with van der Waals surface area (Å²) in [6, 6.07) is 2.49. The van der Waals surface area contributed by atoms with Crippen molar-refractivity contribution in [1.82, 2.24) is 5.32 Å². The van der Waals surface area contributed by atoms with Crippen LogP contribution in [0.4, 0.5) is 9.18 Å². The average molecular weight is 332 g/mol. The Morgan fingerprint density at radius 2 is 2.00 bits per heavy atom. The number of ether oxygens (including phenoxy) is 1. The lowest BCUT2D eigenvalue weighted by Crippen LogP contribution is -2.34. The van der Waals surface area contributed by atoms with E-state index in [0.29, 0.717) is 4.47 Å². The van der Waals surface area contributed by atoms with Gasteiger partial charge in [0, 0.05) is 4.47 Å². The Bertz CT molecular complexity index is 483. The fourth-order valence-electron chi connectivity index (χ4n) is 1.68. The molecule has 0 saturated heterocycles. The van der Waals surface area contributed by atoms with Gasteiger partial charge in [0.05, 0.1) is 6.04 Å². The Kier molecular flexibility index (Phi) is 4.96. The Labute approximate surface area is 121 Å². The lowest BCUT2D eigenvalue weighted by molar-refractivity contribution is 0.0507. The molecule has 1 aromatic carbocycles. The molecule has 0 saturated carbocycles. The van der Waals surface area contributed by atoms with E-state index in [1.807, 2.05) is 6.92 Å². The van der Waals surface area contributed by atoms with Crippen LogP contribution in [0.3, 0.4) is 0 Å². The van der Waals surface area contributed by atoms with Crippen LogP contribution in [-0.4, -0.2) is 11.7 Å². The maximum atomic E-state index is 13.4. The van der Waals surface area contributed by atoms with Crippen molar-refractivity contribution in [3.8, 4) is 0 Å². The van der Waals surface area contributed by atoms with E-state index in [1.54, 1.807) is 27.7 Å². The molecule has 0 spiro atoms. The molecule has 1 amide bonds. The molecule has 1 unspecified atom stereocenters. The van der Waals surface area contributed by atoms with Crippen molar-refractivity contribution in [1.29, 1.82) is 0 Å². The van der Waals surface area contributed by atoms with Gasteiger partial charge in [-0.25, -0.2) is 9.18 Å². The van der Waals surface area contributed by atoms with Crippen molar-refractivity contribution in [2.45, 2.75) is 46.3 Å². The van der Waals surface area contributed by atoms with E-state index in [4.69, 9.17) is 4.74 Å². The van der Waals surface area contributed by atoms with Gasteiger partial charge in [-0.05, 0) is 57.9 Å². The van der Waals surface area contributed by atoms with E-state index in [-0.39, 0.29) is 11.9 Å². The standard InChI is InChI=1S/C14H19BrFNO2/c1-8-11(6-10(16)7-12(8)15)9(2)17-13(18)19-14(3,4)5/h6-7,9H,1-5H3,(H,17,18). The van der Waals surface area contributed by atoms with Crippen LogP contribution in [0, 0.1) is 12.7 Å². The van der Waals surface area contributed by atoms with Crippen LogP contribution in [-0.2, 0) is 4.74 Å². The number of hydrogen-bond acceptors (Lipinski definition) is 2. The van der Waals surface area contributed by atoms with Crippen LogP contribution in [0.2, 0.25) is 0 Å². The number of rotatable bonds is 2. The number of amides is 1. The Balaban J connectivity index is 2.84. The lowest BCUT2D eigenvalue weighted by atomic mass is 10.0. The number of halogens is 2. The largest absolute Gasteiger partial charge is 0.444 e. The second-order valence-corrected chi connectivity index (χ2v) is 6.32. The van der Waals surface area contributed by atoms with Crippen molar-refractivity contribution in [2.24, 2.45) is 0 Å². The summed E-state index contributed by atoms with van der Waals surface area (Å²) in [6.07, 6.45) is -0.514. The molecule has 0 fully saturated rings. The normalized spacial score (nSPS) is 13.0. The van der Waals surface area contributed by atoms with E-state index in [1.165, 1.54) is 12.1 Å². The summed E-state index contributed by atoms with van der Waals surface area (Å²) in [6.45, 7) is 9.04. The van der Waals surface area contributed by atoms with Gasteiger partial charge in [0.15, 0.2) is 0 Å². The number of hydrogen-bond donors (Lipinski definition) is 1. The summed E-state index contributed by atoms with van der Waals surface area (Å²) in [4.78, 5) is 11.7. The number of carbonyl (C=O) groups excluding carboxylic acids is 1. The minimum Gasteiger partial charge on any atom is -0.444 e. The SMILES string of the molecule is Cc1c(Br)cc(F)cc1C(C)NC(=O)OC(C)(C)C. The van der Waals surface area contributed by atoms with Crippen LogP contribution in [0.1, 0.15) is 44.9 Å². The fourth-order valence-corrected chi connectivity index (χ4v) is 2.13. The van der Waals surface area contributed by atoms with Crippen LogP contribution in [0.5, 0.6) is 0 Å². The molecule has 0 aliphatic carbocycles. The average Bonchev–Trinajstić information content (AvgIpc) is 2.20. The topological polar surface area (TPSA) is 38.3 Å². The third kappa shape index (κ3) is 4.82. The van der Waals surface area contributed by atoms with Gasteiger partial charge in [-0.1, -0.05) is 15.9 Å². The van der Waals surface area contributed by atoms with Gasteiger partial charge in [0.25, 0.3) is 0 Å². The number of benzene rings is 1. The van der Waals surface area contributed by atoms with Gasteiger partial charge < -0.3 is 10.1 Å². The molecule has 0 bridgehead atoms. The zero-order valence-electron chi connectivity index (χ0n) is 11.8. The highest BCUT2D eigenvalue weighted by Crippen LogP contribution is 2.26. The molecule has 1 N–H and O–H groups in total. The summed E-state index contributed by atoms with van der Waals surface area (Å²) >= 11 is 3.30. The first-order chi connectivity index (χ1) is 8.60. The first kappa shape index (κ1) is 16.0. The predicted octanol–water partition coefficient (Wildman–Crippen LogP) is 4.48. The molecule has 0 radical (unpaired) electrons. The maximum Gasteiger partial charge on any atom is 0.408 e. The van der Waals surface area contributed by atoms with E-state index >= 15 is 0 Å². The number of carbonyl (C=O) groups is 1. The molecule has 106 valence electrons. The van der Waals surface area contributed by atoms with Gasteiger partial charge in [0.2, 0.25) is 0 Å². The predicted molar refractivity (Wildman–Crippen MR) is 76.6 cm³/mol. The molecule has 0 aromatic heterocycles. The third-order valence-corrected chi connectivity index (χ3v) is 3.37. The van der Waals surface area contributed by atoms with Gasteiger partial charge in [-0.3, -0.25) is 0 Å². The summed E-state index contributed by atoms with van der Waals surface area (Å²) in [7, 11) is 0. The molecule has 1 rings (SSSR count). The highest BCUT2D eigenvalue weighted by atomic mass is 79.9. The highest BCUT2D eigenvalue weighted by Gasteiger charge is 2.19. The molecular formula is C14H19BrFNO2. The van der Waals surface area contributed by atoms with Crippen LogP contribution >= 0.6 is 15.9 Å². The Hall–Kier alpha value is -1.10. The fraction of sp³-hybridized carbons (Fsp3) is 0.500. The number of alkyl carbamates (subject to hydrolysis) is 1. The third-order valence-electron chi connectivity index (χ3n) is 2.55. The van der Waals surface area contributed by atoms with E-state index in [9.17, 15) is 9.18 Å². The van der Waals surface area contributed by atoms with Crippen molar-refractivity contribution < 1.29 is 13.9 Å². The smallest absolute Gasteiger partial charge is 0.408 e. The molecule has 0 aliphatic rings. The van der Waals surface area contributed by atoms with Crippen molar-refractivity contribution in [2.75, 3.05) is 0 Å². The van der Waals surface area contributed by atoms with Gasteiger partial charge in [0.1, 0.15) is 11.4 Å².